The lowest BCUT2D eigenvalue weighted by molar-refractivity contribution is 0.378. The third-order valence-corrected chi connectivity index (χ3v) is 6.02. The molecule has 0 N–H and O–H groups in total. The van der Waals surface area contributed by atoms with Crippen LogP contribution in [0.15, 0.2) is 29.2 Å². The summed E-state index contributed by atoms with van der Waals surface area (Å²) in [6, 6.07) is 4.13. The van der Waals surface area contributed by atoms with Crippen LogP contribution in [0.25, 0.3) is 0 Å². The third-order valence-electron chi connectivity index (χ3n) is 4.08. The SMILES string of the molecule is COc1cc(N2CCN(S(=O)(=O)c3ccc(F)cc3F)CC2)nc(C)n1. The van der Waals surface area contributed by atoms with Gasteiger partial charge in [0.25, 0.3) is 0 Å². The minimum Gasteiger partial charge on any atom is -0.481 e. The number of sulfonamides is 1. The van der Waals surface area contributed by atoms with Gasteiger partial charge in [-0.1, -0.05) is 0 Å². The van der Waals surface area contributed by atoms with E-state index in [9.17, 15) is 17.2 Å². The number of benzene rings is 1. The van der Waals surface area contributed by atoms with E-state index < -0.39 is 26.6 Å². The van der Waals surface area contributed by atoms with Gasteiger partial charge in [0.15, 0.2) is 0 Å². The van der Waals surface area contributed by atoms with Crippen LogP contribution in [0, 0.1) is 18.6 Å². The van der Waals surface area contributed by atoms with E-state index in [1.54, 1.807) is 13.0 Å². The van der Waals surface area contributed by atoms with Gasteiger partial charge in [-0.15, -0.1) is 0 Å². The molecule has 0 saturated carbocycles. The number of hydrogen-bond donors (Lipinski definition) is 0. The molecule has 1 fully saturated rings. The van der Waals surface area contributed by atoms with Crippen molar-refractivity contribution in [3.63, 3.8) is 0 Å². The van der Waals surface area contributed by atoms with Gasteiger partial charge in [-0.2, -0.15) is 9.29 Å². The minimum absolute atomic E-state index is 0.157. The lowest BCUT2D eigenvalue weighted by Crippen LogP contribution is -2.49. The number of piperazine rings is 1. The van der Waals surface area contributed by atoms with Crippen LogP contribution >= 0.6 is 0 Å². The molecule has 26 heavy (non-hydrogen) atoms. The monoisotopic (exact) mass is 384 g/mol. The van der Waals surface area contributed by atoms with Crippen LogP contribution in [-0.2, 0) is 10.0 Å². The van der Waals surface area contributed by atoms with Crippen molar-refractivity contribution in [3.8, 4) is 5.88 Å². The highest BCUT2D eigenvalue weighted by Gasteiger charge is 2.31. The highest BCUT2D eigenvalue weighted by Crippen LogP contribution is 2.24. The Balaban J connectivity index is 1.76. The largest absolute Gasteiger partial charge is 0.481 e. The molecule has 1 aliphatic rings. The Morgan fingerprint density at radius 3 is 2.38 bits per heavy atom. The lowest BCUT2D eigenvalue weighted by Gasteiger charge is -2.34. The maximum atomic E-state index is 13.9. The summed E-state index contributed by atoms with van der Waals surface area (Å²) in [6.45, 7) is 2.81. The molecule has 2 aromatic rings. The van der Waals surface area contributed by atoms with E-state index in [-0.39, 0.29) is 13.1 Å². The fourth-order valence-corrected chi connectivity index (χ4v) is 4.24. The van der Waals surface area contributed by atoms with E-state index in [4.69, 9.17) is 4.74 Å². The van der Waals surface area contributed by atoms with Crippen molar-refractivity contribution < 1.29 is 21.9 Å². The second-order valence-electron chi connectivity index (χ2n) is 5.78. The first-order chi connectivity index (χ1) is 12.3. The Hall–Kier alpha value is -2.33. The Labute approximate surface area is 150 Å². The molecule has 1 aromatic carbocycles. The van der Waals surface area contributed by atoms with E-state index in [2.05, 4.69) is 9.97 Å². The van der Waals surface area contributed by atoms with Crippen molar-refractivity contribution in [2.24, 2.45) is 0 Å². The van der Waals surface area contributed by atoms with Gasteiger partial charge in [0.1, 0.15) is 28.2 Å². The predicted octanol–water partition coefficient (Wildman–Crippen LogP) is 1.58. The number of hydrogen-bond acceptors (Lipinski definition) is 6. The van der Waals surface area contributed by atoms with Crippen LogP contribution in [0.1, 0.15) is 5.82 Å². The van der Waals surface area contributed by atoms with Gasteiger partial charge < -0.3 is 9.64 Å². The fraction of sp³-hybridized carbons (Fsp3) is 0.375. The summed E-state index contributed by atoms with van der Waals surface area (Å²) in [5, 5.41) is 0. The summed E-state index contributed by atoms with van der Waals surface area (Å²) in [7, 11) is -2.52. The Kier molecular flexibility index (Phi) is 5.05. The molecule has 0 bridgehead atoms. The van der Waals surface area contributed by atoms with Crippen LogP contribution in [0.3, 0.4) is 0 Å². The quantitative estimate of drug-likeness (QED) is 0.797. The van der Waals surface area contributed by atoms with Crippen molar-refractivity contribution in [1.82, 2.24) is 14.3 Å². The zero-order valence-corrected chi connectivity index (χ0v) is 15.1. The number of anilines is 1. The highest BCUT2D eigenvalue weighted by molar-refractivity contribution is 7.89. The van der Waals surface area contributed by atoms with Gasteiger partial charge in [-0.25, -0.2) is 22.2 Å². The Morgan fingerprint density at radius 2 is 1.77 bits per heavy atom. The number of halogens is 2. The van der Waals surface area contributed by atoms with Gasteiger partial charge in [0.2, 0.25) is 15.9 Å². The molecule has 0 unspecified atom stereocenters. The van der Waals surface area contributed by atoms with Crippen LogP contribution in [0.4, 0.5) is 14.6 Å². The Bertz CT molecular complexity index is 916. The molecule has 0 atom stereocenters. The molecule has 1 aliphatic heterocycles. The van der Waals surface area contributed by atoms with Gasteiger partial charge in [-0.05, 0) is 19.1 Å². The van der Waals surface area contributed by atoms with Gasteiger partial charge in [-0.3, -0.25) is 0 Å². The molecule has 0 aliphatic carbocycles. The highest BCUT2D eigenvalue weighted by atomic mass is 32.2. The summed E-state index contributed by atoms with van der Waals surface area (Å²) in [6.07, 6.45) is 0. The van der Waals surface area contributed by atoms with Crippen LogP contribution in [0.2, 0.25) is 0 Å². The number of ether oxygens (including phenoxy) is 1. The summed E-state index contributed by atoms with van der Waals surface area (Å²) in [4.78, 5) is 9.84. The third kappa shape index (κ3) is 3.61. The summed E-state index contributed by atoms with van der Waals surface area (Å²) in [5.74, 6) is -0.305. The topological polar surface area (TPSA) is 75.6 Å². The average Bonchev–Trinajstić information content (AvgIpc) is 2.61. The van der Waals surface area contributed by atoms with E-state index in [0.717, 1.165) is 12.1 Å². The van der Waals surface area contributed by atoms with Crippen LogP contribution in [-0.4, -0.2) is 56.0 Å². The second-order valence-corrected chi connectivity index (χ2v) is 7.69. The molecule has 140 valence electrons. The van der Waals surface area contributed by atoms with E-state index >= 15 is 0 Å². The van der Waals surface area contributed by atoms with E-state index in [0.29, 0.717) is 36.7 Å². The molecular formula is C16H18F2N4O3S. The number of aromatic nitrogens is 2. The smallest absolute Gasteiger partial charge is 0.246 e. The standard InChI is InChI=1S/C16H18F2N4O3S/c1-11-19-15(10-16(20-11)25-2)21-5-7-22(8-6-21)26(23,24)14-4-3-12(17)9-13(14)18/h3-4,9-10H,5-8H2,1-2H3. The molecule has 0 amide bonds. The van der Waals surface area contributed by atoms with Crippen LogP contribution in [0.5, 0.6) is 5.88 Å². The second kappa shape index (κ2) is 7.12. The number of aryl methyl sites for hydroxylation is 1. The molecular weight excluding hydrogens is 366 g/mol. The molecule has 7 nitrogen and oxygen atoms in total. The maximum absolute atomic E-state index is 13.9. The number of nitrogens with zero attached hydrogens (tertiary/aromatic N) is 4. The van der Waals surface area contributed by atoms with Crippen molar-refractivity contribution in [2.45, 2.75) is 11.8 Å². The molecule has 1 aromatic heterocycles. The molecule has 0 spiro atoms. The molecule has 3 rings (SSSR count). The normalized spacial score (nSPS) is 15.9. The maximum Gasteiger partial charge on any atom is 0.246 e. The lowest BCUT2D eigenvalue weighted by atomic mass is 10.3. The summed E-state index contributed by atoms with van der Waals surface area (Å²) < 4.78 is 58.5. The van der Waals surface area contributed by atoms with Gasteiger partial charge in [0, 0.05) is 38.3 Å². The van der Waals surface area contributed by atoms with Crippen LogP contribution < -0.4 is 9.64 Å². The van der Waals surface area contributed by atoms with Gasteiger partial charge >= 0.3 is 0 Å². The van der Waals surface area contributed by atoms with Gasteiger partial charge in [0.05, 0.1) is 7.11 Å². The fourth-order valence-electron chi connectivity index (χ4n) is 2.77. The zero-order chi connectivity index (χ0) is 18.9. The summed E-state index contributed by atoms with van der Waals surface area (Å²) >= 11 is 0. The first-order valence-electron chi connectivity index (χ1n) is 7.91. The molecule has 1 saturated heterocycles. The van der Waals surface area contributed by atoms with Crippen molar-refractivity contribution in [1.29, 1.82) is 0 Å². The molecule has 0 radical (unpaired) electrons. The number of rotatable bonds is 4. The molecule has 10 heteroatoms. The predicted molar refractivity (Wildman–Crippen MR) is 90.7 cm³/mol. The van der Waals surface area contributed by atoms with Crippen molar-refractivity contribution in [2.75, 3.05) is 38.2 Å². The zero-order valence-electron chi connectivity index (χ0n) is 14.3. The Morgan fingerprint density at radius 1 is 1.08 bits per heavy atom. The number of methoxy groups -OCH3 is 1. The first kappa shape index (κ1) is 18.5. The van der Waals surface area contributed by atoms with E-state index in [1.807, 2.05) is 4.90 Å². The molecule has 2 heterocycles. The first-order valence-corrected chi connectivity index (χ1v) is 9.35. The minimum atomic E-state index is -4.03. The average molecular weight is 384 g/mol. The summed E-state index contributed by atoms with van der Waals surface area (Å²) in [5.41, 5.74) is 0. The van der Waals surface area contributed by atoms with Crippen molar-refractivity contribution >= 4 is 15.8 Å². The van der Waals surface area contributed by atoms with Crippen molar-refractivity contribution in [3.05, 3.63) is 41.7 Å². The van der Waals surface area contributed by atoms with E-state index in [1.165, 1.54) is 11.4 Å².